The molecule has 0 heterocycles. The lowest BCUT2D eigenvalue weighted by Gasteiger charge is -2.38. The number of carbonyl (C=O) groups is 1. The Labute approximate surface area is 144 Å². The molecule has 124 valence electrons. The van der Waals surface area contributed by atoms with Crippen molar-refractivity contribution in [1.29, 1.82) is 0 Å². The fourth-order valence-electron chi connectivity index (χ4n) is 1.93. The average molecular weight is 386 g/mol. The molecule has 1 aromatic rings. The molecule has 3 nitrogen and oxygen atoms in total. The van der Waals surface area contributed by atoms with Gasteiger partial charge in [0.05, 0.1) is 6.10 Å². The number of aryl methyl sites for hydroxylation is 1. The van der Waals surface area contributed by atoms with E-state index in [0.29, 0.717) is 12.1 Å². The van der Waals surface area contributed by atoms with Gasteiger partial charge in [0.2, 0.25) is 0 Å². The van der Waals surface area contributed by atoms with Crippen LogP contribution in [0.4, 0.5) is 0 Å². The van der Waals surface area contributed by atoms with E-state index in [9.17, 15) is 4.79 Å². The molecule has 0 bridgehead atoms. The van der Waals surface area contributed by atoms with Crippen LogP contribution >= 0.6 is 15.9 Å². The maximum Gasteiger partial charge on any atom is 0.251 e. The molecule has 1 rings (SSSR count). The molecule has 0 saturated heterocycles. The summed E-state index contributed by atoms with van der Waals surface area (Å²) in [7, 11) is -1.80. The van der Waals surface area contributed by atoms with Crippen molar-refractivity contribution in [3.63, 3.8) is 0 Å². The smallest absolute Gasteiger partial charge is 0.251 e. The molecular weight excluding hydrogens is 358 g/mol. The van der Waals surface area contributed by atoms with E-state index in [4.69, 9.17) is 4.43 Å². The summed E-state index contributed by atoms with van der Waals surface area (Å²) in [6.45, 7) is 15.6. The lowest BCUT2D eigenvalue weighted by atomic mass is 10.1. The zero-order chi connectivity index (χ0) is 17.1. The Balaban J connectivity index is 2.61. The summed E-state index contributed by atoms with van der Waals surface area (Å²) in [6.07, 6.45) is 0.0144. The fourth-order valence-corrected chi connectivity index (χ4v) is 3.85. The van der Waals surface area contributed by atoms with Gasteiger partial charge in [0.15, 0.2) is 8.32 Å². The third kappa shape index (κ3) is 5.21. The first-order valence-corrected chi connectivity index (χ1v) is 11.4. The first kappa shape index (κ1) is 19.4. The molecule has 1 aromatic carbocycles. The molecular formula is C17H28BrNO2Si. The van der Waals surface area contributed by atoms with Crippen LogP contribution in [-0.4, -0.2) is 26.9 Å². The summed E-state index contributed by atoms with van der Waals surface area (Å²) in [5.41, 5.74) is 1.67. The minimum atomic E-state index is -1.80. The second kappa shape index (κ2) is 7.28. The molecule has 1 atom stereocenters. The highest BCUT2D eigenvalue weighted by atomic mass is 79.9. The van der Waals surface area contributed by atoms with Crippen LogP contribution < -0.4 is 5.32 Å². The minimum absolute atomic E-state index is 0.0144. The third-order valence-electron chi connectivity index (χ3n) is 4.29. The van der Waals surface area contributed by atoms with Gasteiger partial charge in [-0.2, -0.15) is 0 Å². The second-order valence-corrected chi connectivity index (χ2v) is 13.0. The monoisotopic (exact) mass is 385 g/mol. The fraction of sp³-hybridized carbons (Fsp3) is 0.588. The van der Waals surface area contributed by atoms with E-state index in [0.717, 1.165) is 10.0 Å². The third-order valence-corrected chi connectivity index (χ3v) is 9.38. The highest BCUT2D eigenvalue weighted by Crippen LogP contribution is 2.37. The summed E-state index contributed by atoms with van der Waals surface area (Å²) in [6, 6.07) is 5.68. The normalized spacial score (nSPS) is 13.8. The Morgan fingerprint density at radius 1 is 1.36 bits per heavy atom. The van der Waals surface area contributed by atoms with Crippen molar-refractivity contribution in [1.82, 2.24) is 5.32 Å². The second-order valence-electron chi connectivity index (χ2n) is 7.36. The van der Waals surface area contributed by atoms with Crippen molar-refractivity contribution >= 4 is 30.2 Å². The first-order chi connectivity index (χ1) is 9.94. The number of rotatable bonds is 5. The first-order valence-electron chi connectivity index (χ1n) is 7.66. The topological polar surface area (TPSA) is 38.3 Å². The SMILES string of the molecule is Cc1cc(Br)ccc1C(=O)NC[C@H](C)O[Si](C)(C)C(C)(C)C. The molecule has 0 aliphatic heterocycles. The Kier molecular flexibility index (Phi) is 6.42. The lowest BCUT2D eigenvalue weighted by Crippen LogP contribution is -2.46. The van der Waals surface area contributed by atoms with Crippen LogP contribution in [-0.2, 0) is 4.43 Å². The van der Waals surface area contributed by atoms with E-state index in [2.05, 4.69) is 55.1 Å². The molecule has 22 heavy (non-hydrogen) atoms. The van der Waals surface area contributed by atoms with Gasteiger partial charge in [-0.15, -0.1) is 0 Å². The number of carbonyl (C=O) groups excluding carboxylic acids is 1. The van der Waals surface area contributed by atoms with Gasteiger partial charge in [-0.3, -0.25) is 4.79 Å². The molecule has 0 aromatic heterocycles. The quantitative estimate of drug-likeness (QED) is 0.731. The van der Waals surface area contributed by atoms with E-state index < -0.39 is 8.32 Å². The van der Waals surface area contributed by atoms with Gasteiger partial charge in [-0.05, 0) is 55.7 Å². The van der Waals surface area contributed by atoms with Gasteiger partial charge in [0.1, 0.15) is 0 Å². The van der Waals surface area contributed by atoms with Gasteiger partial charge < -0.3 is 9.74 Å². The predicted molar refractivity (Wildman–Crippen MR) is 99.0 cm³/mol. The molecule has 1 N–H and O–H groups in total. The Morgan fingerprint density at radius 3 is 2.45 bits per heavy atom. The largest absolute Gasteiger partial charge is 0.412 e. The van der Waals surface area contributed by atoms with Gasteiger partial charge >= 0.3 is 0 Å². The number of hydrogen-bond acceptors (Lipinski definition) is 2. The van der Waals surface area contributed by atoms with E-state index in [-0.39, 0.29) is 17.0 Å². The van der Waals surface area contributed by atoms with Crippen LogP contribution in [0.5, 0.6) is 0 Å². The molecule has 0 aliphatic rings. The summed E-state index contributed by atoms with van der Waals surface area (Å²) >= 11 is 3.41. The molecule has 0 radical (unpaired) electrons. The van der Waals surface area contributed by atoms with E-state index >= 15 is 0 Å². The molecule has 5 heteroatoms. The van der Waals surface area contributed by atoms with E-state index in [1.54, 1.807) is 0 Å². The zero-order valence-electron chi connectivity index (χ0n) is 14.7. The number of halogens is 1. The Hall–Kier alpha value is -0.653. The average Bonchev–Trinajstić information content (AvgIpc) is 2.34. The van der Waals surface area contributed by atoms with Crippen molar-refractivity contribution in [2.75, 3.05) is 6.54 Å². The van der Waals surface area contributed by atoms with Gasteiger partial charge in [-0.1, -0.05) is 36.7 Å². The van der Waals surface area contributed by atoms with Crippen molar-refractivity contribution < 1.29 is 9.22 Å². The lowest BCUT2D eigenvalue weighted by molar-refractivity contribution is 0.0927. The van der Waals surface area contributed by atoms with Gasteiger partial charge in [0.25, 0.3) is 5.91 Å². The van der Waals surface area contributed by atoms with Gasteiger partial charge in [-0.25, -0.2) is 0 Å². The predicted octanol–water partition coefficient (Wildman–Crippen LogP) is 4.90. The maximum atomic E-state index is 12.3. The van der Waals surface area contributed by atoms with Crippen LogP contribution in [0, 0.1) is 6.92 Å². The van der Waals surface area contributed by atoms with Crippen LogP contribution in [0.3, 0.4) is 0 Å². The Bertz CT molecular complexity index is 538. The van der Waals surface area contributed by atoms with Crippen LogP contribution in [0.2, 0.25) is 18.1 Å². The summed E-state index contributed by atoms with van der Waals surface area (Å²) in [5, 5.41) is 3.15. The van der Waals surface area contributed by atoms with E-state index in [1.165, 1.54) is 0 Å². The minimum Gasteiger partial charge on any atom is -0.412 e. The molecule has 0 fully saturated rings. The zero-order valence-corrected chi connectivity index (χ0v) is 17.3. The molecule has 0 saturated carbocycles. The Morgan fingerprint density at radius 2 is 1.95 bits per heavy atom. The highest BCUT2D eigenvalue weighted by Gasteiger charge is 2.38. The number of amides is 1. The van der Waals surface area contributed by atoms with Crippen molar-refractivity contribution in [3.05, 3.63) is 33.8 Å². The molecule has 0 aliphatic carbocycles. The molecule has 1 amide bonds. The summed E-state index contributed by atoms with van der Waals surface area (Å²) in [4.78, 5) is 12.3. The summed E-state index contributed by atoms with van der Waals surface area (Å²) in [5.74, 6) is -0.0457. The number of nitrogens with one attached hydrogen (secondary N) is 1. The standard InChI is InChI=1S/C17H28BrNO2Si/c1-12-10-14(18)8-9-15(12)16(20)19-11-13(2)21-22(6,7)17(3,4)5/h8-10,13H,11H2,1-7H3,(H,19,20)/t13-/m0/s1. The maximum absolute atomic E-state index is 12.3. The van der Waals surface area contributed by atoms with Crippen LogP contribution in [0.15, 0.2) is 22.7 Å². The van der Waals surface area contributed by atoms with Gasteiger partial charge in [0, 0.05) is 16.6 Å². The van der Waals surface area contributed by atoms with Crippen LogP contribution in [0.25, 0.3) is 0 Å². The van der Waals surface area contributed by atoms with E-state index in [1.807, 2.05) is 32.0 Å². The van der Waals surface area contributed by atoms with Crippen molar-refractivity contribution in [2.24, 2.45) is 0 Å². The molecule has 0 spiro atoms. The van der Waals surface area contributed by atoms with Crippen LogP contribution in [0.1, 0.15) is 43.6 Å². The molecule has 0 unspecified atom stereocenters. The van der Waals surface area contributed by atoms with Crippen molar-refractivity contribution in [3.8, 4) is 0 Å². The number of benzene rings is 1. The van der Waals surface area contributed by atoms with Crippen molar-refractivity contribution in [2.45, 2.75) is 58.9 Å². The summed E-state index contributed by atoms with van der Waals surface area (Å²) < 4.78 is 7.24. The number of hydrogen-bond donors (Lipinski definition) is 1. The highest BCUT2D eigenvalue weighted by molar-refractivity contribution is 9.10.